The zero-order chi connectivity index (χ0) is 16.6. The Balaban J connectivity index is 1.89. The lowest BCUT2D eigenvalue weighted by Crippen LogP contribution is -2.40. The molecule has 0 aromatic heterocycles. The number of amides is 3. The number of nitrogens with one attached hydrogen (secondary N) is 1. The maximum absolute atomic E-state index is 13.3. The number of rotatable bonds is 3. The van der Waals surface area contributed by atoms with Gasteiger partial charge in [-0.2, -0.15) is 0 Å². The van der Waals surface area contributed by atoms with Crippen LogP contribution in [0.3, 0.4) is 0 Å². The van der Waals surface area contributed by atoms with E-state index in [-0.39, 0.29) is 12.5 Å². The van der Waals surface area contributed by atoms with Crippen LogP contribution < -0.4 is 5.32 Å². The highest BCUT2D eigenvalue weighted by molar-refractivity contribution is 6.07. The molecule has 5 heteroatoms. The van der Waals surface area contributed by atoms with E-state index in [1.54, 1.807) is 19.1 Å². The molecule has 4 nitrogen and oxygen atoms in total. The lowest BCUT2D eigenvalue weighted by molar-refractivity contribution is -0.131. The van der Waals surface area contributed by atoms with Crippen molar-refractivity contribution in [3.05, 3.63) is 71.0 Å². The fraction of sp³-hybridized carbons (Fsp3) is 0.222. The molecule has 2 aromatic rings. The molecule has 3 amide bonds. The Hall–Kier alpha value is -2.69. The van der Waals surface area contributed by atoms with Gasteiger partial charge in [-0.05, 0) is 37.1 Å². The fourth-order valence-corrected chi connectivity index (χ4v) is 2.74. The van der Waals surface area contributed by atoms with Gasteiger partial charge in [0, 0.05) is 0 Å². The van der Waals surface area contributed by atoms with Crippen molar-refractivity contribution < 1.29 is 14.0 Å². The lowest BCUT2D eigenvalue weighted by atomic mass is 9.91. The Kier molecular flexibility index (Phi) is 3.64. The van der Waals surface area contributed by atoms with Crippen molar-refractivity contribution in [2.24, 2.45) is 0 Å². The molecule has 1 N–H and O–H groups in total. The van der Waals surface area contributed by atoms with Gasteiger partial charge in [-0.3, -0.25) is 9.69 Å². The average Bonchev–Trinajstić information content (AvgIpc) is 2.72. The first-order chi connectivity index (χ1) is 10.9. The largest absolute Gasteiger partial charge is 0.325 e. The minimum Gasteiger partial charge on any atom is -0.319 e. The Labute approximate surface area is 133 Å². The minimum atomic E-state index is -1.10. The number of imide groups is 1. The summed E-state index contributed by atoms with van der Waals surface area (Å²) in [6.07, 6.45) is 0. The second kappa shape index (κ2) is 5.50. The van der Waals surface area contributed by atoms with E-state index in [1.165, 1.54) is 12.1 Å². The summed E-state index contributed by atoms with van der Waals surface area (Å²) < 4.78 is 13.3. The van der Waals surface area contributed by atoms with Crippen LogP contribution in [-0.2, 0) is 16.9 Å². The van der Waals surface area contributed by atoms with E-state index in [2.05, 4.69) is 5.32 Å². The SMILES string of the molecule is Cc1ccc([C@]2(C)NC(=O)N(Cc3cccc(F)c3)C2=O)cc1. The third kappa shape index (κ3) is 2.70. The van der Waals surface area contributed by atoms with Gasteiger partial charge in [0.15, 0.2) is 0 Å². The highest BCUT2D eigenvalue weighted by Crippen LogP contribution is 2.30. The topological polar surface area (TPSA) is 49.4 Å². The Morgan fingerprint density at radius 2 is 1.83 bits per heavy atom. The van der Waals surface area contributed by atoms with Gasteiger partial charge < -0.3 is 5.32 Å². The predicted molar refractivity (Wildman–Crippen MR) is 84.0 cm³/mol. The first kappa shape index (κ1) is 15.2. The highest BCUT2D eigenvalue weighted by Gasteiger charge is 2.48. The molecule has 118 valence electrons. The predicted octanol–water partition coefficient (Wildman–Crippen LogP) is 3.10. The molecule has 1 atom stereocenters. The third-order valence-corrected chi connectivity index (χ3v) is 4.13. The summed E-state index contributed by atoms with van der Waals surface area (Å²) in [6, 6.07) is 12.9. The molecule has 0 unspecified atom stereocenters. The first-order valence-electron chi connectivity index (χ1n) is 7.36. The number of urea groups is 1. The van der Waals surface area contributed by atoms with Crippen LogP contribution in [0.15, 0.2) is 48.5 Å². The van der Waals surface area contributed by atoms with Crippen LogP contribution in [-0.4, -0.2) is 16.8 Å². The van der Waals surface area contributed by atoms with Crippen LogP contribution in [0.2, 0.25) is 0 Å². The summed E-state index contributed by atoms with van der Waals surface area (Å²) in [5, 5.41) is 2.74. The summed E-state index contributed by atoms with van der Waals surface area (Å²) in [5.41, 5.74) is 1.27. The molecule has 1 aliphatic heterocycles. The van der Waals surface area contributed by atoms with E-state index in [0.29, 0.717) is 5.56 Å². The normalized spacial score (nSPS) is 20.7. The van der Waals surface area contributed by atoms with Gasteiger partial charge in [0.25, 0.3) is 5.91 Å². The molecule has 0 saturated carbocycles. The molecule has 0 spiro atoms. The van der Waals surface area contributed by atoms with Crippen LogP contribution in [0, 0.1) is 12.7 Å². The summed E-state index contributed by atoms with van der Waals surface area (Å²) in [5.74, 6) is -0.730. The molecule has 0 radical (unpaired) electrons. The second-order valence-corrected chi connectivity index (χ2v) is 5.94. The fourth-order valence-electron chi connectivity index (χ4n) is 2.74. The average molecular weight is 312 g/mol. The number of carbonyl (C=O) groups excluding carboxylic acids is 2. The van der Waals surface area contributed by atoms with E-state index < -0.39 is 17.4 Å². The number of halogens is 1. The van der Waals surface area contributed by atoms with Crippen LogP contribution in [0.25, 0.3) is 0 Å². The summed E-state index contributed by atoms with van der Waals surface area (Å²) >= 11 is 0. The van der Waals surface area contributed by atoms with Crippen LogP contribution >= 0.6 is 0 Å². The quantitative estimate of drug-likeness (QED) is 0.885. The molecule has 3 rings (SSSR count). The van der Waals surface area contributed by atoms with Crippen molar-refractivity contribution in [2.45, 2.75) is 25.9 Å². The number of hydrogen-bond acceptors (Lipinski definition) is 2. The minimum absolute atomic E-state index is 0.0455. The van der Waals surface area contributed by atoms with E-state index in [0.717, 1.165) is 16.0 Å². The number of benzene rings is 2. The maximum Gasteiger partial charge on any atom is 0.325 e. The van der Waals surface area contributed by atoms with Gasteiger partial charge in [-0.15, -0.1) is 0 Å². The van der Waals surface area contributed by atoms with Gasteiger partial charge in [-0.1, -0.05) is 42.0 Å². The number of hydrogen-bond donors (Lipinski definition) is 1. The van der Waals surface area contributed by atoms with Crippen molar-refractivity contribution in [1.82, 2.24) is 10.2 Å². The lowest BCUT2D eigenvalue weighted by Gasteiger charge is -2.22. The van der Waals surface area contributed by atoms with Crippen molar-refractivity contribution in [2.75, 3.05) is 0 Å². The van der Waals surface area contributed by atoms with Gasteiger partial charge in [0.05, 0.1) is 6.54 Å². The van der Waals surface area contributed by atoms with Crippen molar-refractivity contribution in [3.63, 3.8) is 0 Å². The van der Waals surface area contributed by atoms with Gasteiger partial charge in [0.2, 0.25) is 0 Å². The molecular weight excluding hydrogens is 295 g/mol. The third-order valence-electron chi connectivity index (χ3n) is 4.13. The first-order valence-corrected chi connectivity index (χ1v) is 7.36. The molecular formula is C18H17FN2O2. The standard InChI is InChI=1S/C18H17FN2O2/c1-12-6-8-14(9-7-12)18(2)16(22)21(17(23)20-18)11-13-4-3-5-15(19)10-13/h3-10H,11H2,1-2H3,(H,20,23)/t18-/m0/s1. The summed E-state index contributed by atoms with van der Waals surface area (Å²) in [4.78, 5) is 26.1. The van der Waals surface area contributed by atoms with E-state index >= 15 is 0 Å². The van der Waals surface area contributed by atoms with Gasteiger partial charge >= 0.3 is 6.03 Å². The maximum atomic E-state index is 13.3. The van der Waals surface area contributed by atoms with Crippen LogP contribution in [0.4, 0.5) is 9.18 Å². The molecule has 0 aliphatic carbocycles. The molecule has 23 heavy (non-hydrogen) atoms. The van der Waals surface area contributed by atoms with Crippen LogP contribution in [0.1, 0.15) is 23.6 Å². The summed E-state index contributed by atoms with van der Waals surface area (Å²) in [6.45, 7) is 3.69. The highest BCUT2D eigenvalue weighted by atomic mass is 19.1. The number of aryl methyl sites for hydroxylation is 1. The van der Waals surface area contributed by atoms with Crippen molar-refractivity contribution in [1.29, 1.82) is 0 Å². The van der Waals surface area contributed by atoms with E-state index in [4.69, 9.17) is 0 Å². The van der Waals surface area contributed by atoms with Gasteiger partial charge in [0.1, 0.15) is 11.4 Å². The zero-order valence-electron chi connectivity index (χ0n) is 13.0. The second-order valence-electron chi connectivity index (χ2n) is 5.94. The Bertz CT molecular complexity index is 773. The smallest absolute Gasteiger partial charge is 0.319 e. The number of nitrogens with zero attached hydrogens (tertiary/aromatic N) is 1. The Morgan fingerprint density at radius 3 is 2.48 bits per heavy atom. The molecule has 1 saturated heterocycles. The van der Waals surface area contributed by atoms with Crippen molar-refractivity contribution in [3.8, 4) is 0 Å². The zero-order valence-corrected chi connectivity index (χ0v) is 13.0. The Morgan fingerprint density at radius 1 is 1.13 bits per heavy atom. The molecule has 1 fully saturated rings. The van der Waals surface area contributed by atoms with E-state index in [1.807, 2.05) is 31.2 Å². The molecule has 1 aliphatic rings. The van der Waals surface area contributed by atoms with Crippen LogP contribution in [0.5, 0.6) is 0 Å². The monoisotopic (exact) mass is 312 g/mol. The number of carbonyl (C=O) groups is 2. The summed E-state index contributed by atoms with van der Waals surface area (Å²) in [7, 11) is 0. The van der Waals surface area contributed by atoms with E-state index in [9.17, 15) is 14.0 Å². The molecule has 0 bridgehead atoms. The van der Waals surface area contributed by atoms with Crippen molar-refractivity contribution >= 4 is 11.9 Å². The van der Waals surface area contributed by atoms with Gasteiger partial charge in [-0.25, -0.2) is 9.18 Å². The molecule has 2 aromatic carbocycles. The molecule has 1 heterocycles.